The molecule has 84 valence electrons. The largest absolute Gasteiger partial charge is 0.497 e. The number of allylic oxidation sites excluding steroid dienone is 1. The summed E-state index contributed by atoms with van der Waals surface area (Å²) in [6, 6.07) is 5.88. The Morgan fingerprint density at radius 3 is 3.00 bits per heavy atom. The van der Waals surface area contributed by atoms with Gasteiger partial charge in [-0.05, 0) is 12.1 Å². The predicted octanol–water partition coefficient (Wildman–Crippen LogP) is 2.66. The molecule has 0 saturated carbocycles. The highest BCUT2D eigenvalue weighted by Gasteiger charge is 2.08. The number of imidazole rings is 1. The van der Waals surface area contributed by atoms with E-state index in [2.05, 4.69) is 28.8 Å². The molecule has 0 radical (unpaired) electrons. The number of hydrogen-bond donors (Lipinski definition) is 1. The molecule has 0 aliphatic rings. The third kappa shape index (κ3) is 1.80. The first kappa shape index (κ1) is 11.1. The van der Waals surface area contributed by atoms with Gasteiger partial charge in [0.15, 0.2) is 0 Å². The SMILES string of the molecule is C=CCn1c(CS)nc2cc(OC)ccc21. The Balaban J connectivity index is 2.62. The van der Waals surface area contributed by atoms with E-state index in [1.54, 1.807) is 7.11 Å². The standard InChI is InChI=1S/C12H14N2OS/c1-3-6-14-11-5-4-9(15-2)7-10(11)13-12(14)8-16/h3-5,7,16H,1,6,8H2,2H3. The highest BCUT2D eigenvalue weighted by Crippen LogP contribution is 2.22. The number of aromatic nitrogens is 2. The predicted molar refractivity (Wildman–Crippen MR) is 69.2 cm³/mol. The number of fused-ring (bicyclic) bond motifs is 1. The molecule has 0 N–H and O–H groups in total. The minimum atomic E-state index is 0.616. The molecule has 2 rings (SSSR count). The van der Waals surface area contributed by atoms with Crippen molar-refractivity contribution < 1.29 is 4.74 Å². The minimum absolute atomic E-state index is 0.616. The number of rotatable bonds is 4. The van der Waals surface area contributed by atoms with Crippen LogP contribution in [0, 0.1) is 0 Å². The van der Waals surface area contributed by atoms with Crippen molar-refractivity contribution in [2.24, 2.45) is 0 Å². The molecular formula is C12H14N2OS. The highest BCUT2D eigenvalue weighted by molar-refractivity contribution is 7.79. The van der Waals surface area contributed by atoms with Crippen molar-refractivity contribution in [2.75, 3.05) is 7.11 Å². The fourth-order valence-electron chi connectivity index (χ4n) is 1.74. The van der Waals surface area contributed by atoms with Gasteiger partial charge in [0.05, 0.1) is 18.1 Å². The fraction of sp³-hybridized carbons (Fsp3) is 0.250. The second kappa shape index (κ2) is 4.61. The number of thiol groups is 1. The maximum Gasteiger partial charge on any atom is 0.121 e. The minimum Gasteiger partial charge on any atom is -0.497 e. The number of nitrogens with zero attached hydrogens (tertiary/aromatic N) is 2. The molecule has 0 atom stereocenters. The van der Waals surface area contributed by atoms with Crippen LogP contribution < -0.4 is 4.74 Å². The molecule has 0 aliphatic carbocycles. The summed E-state index contributed by atoms with van der Waals surface area (Å²) in [6.45, 7) is 4.50. The molecule has 1 aromatic heterocycles. The lowest BCUT2D eigenvalue weighted by molar-refractivity contribution is 0.415. The van der Waals surface area contributed by atoms with E-state index in [1.165, 1.54) is 0 Å². The van der Waals surface area contributed by atoms with Gasteiger partial charge in [-0.25, -0.2) is 4.98 Å². The van der Waals surface area contributed by atoms with E-state index in [0.717, 1.165) is 29.2 Å². The van der Waals surface area contributed by atoms with E-state index in [-0.39, 0.29) is 0 Å². The van der Waals surface area contributed by atoms with Crippen LogP contribution in [0.25, 0.3) is 11.0 Å². The summed E-state index contributed by atoms with van der Waals surface area (Å²) in [4.78, 5) is 4.52. The number of ether oxygens (including phenoxy) is 1. The van der Waals surface area contributed by atoms with Crippen molar-refractivity contribution in [2.45, 2.75) is 12.3 Å². The zero-order chi connectivity index (χ0) is 11.5. The van der Waals surface area contributed by atoms with Crippen molar-refractivity contribution in [3.63, 3.8) is 0 Å². The van der Waals surface area contributed by atoms with Gasteiger partial charge in [0.2, 0.25) is 0 Å². The van der Waals surface area contributed by atoms with Crippen LogP contribution in [0.5, 0.6) is 5.75 Å². The molecule has 3 nitrogen and oxygen atoms in total. The van der Waals surface area contributed by atoms with Crippen molar-refractivity contribution in [1.29, 1.82) is 0 Å². The summed E-state index contributed by atoms with van der Waals surface area (Å²) in [5.41, 5.74) is 2.02. The highest BCUT2D eigenvalue weighted by atomic mass is 32.1. The Labute approximate surface area is 100 Å². The third-order valence-electron chi connectivity index (χ3n) is 2.49. The molecule has 4 heteroatoms. The fourth-order valence-corrected chi connectivity index (χ4v) is 1.98. The number of methoxy groups -OCH3 is 1. The molecule has 1 heterocycles. The molecule has 0 spiro atoms. The zero-order valence-corrected chi connectivity index (χ0v) is 10.1. The van der Waals surface area contributed by atoms with Crippen LogP contribution >= 0.6 is 12.6 Å². The lowest BCUT2D eigenvalue weighted by Crippen LogP contribution is -1.99. The van der Waals surface area contributed by atoms with E-state index in [0.29, 0.717) is 5.75 Å². The smallest absolute Gasteiger partial charge is 0.121 e. The summed E-state index contributed by atoms with van der Waals surface area (Å²) in [5, 5.41) is 0. The molecule has 16 heavy (non-hydrogen) atoms. The van der Waals surface area contributed by atoms with Crippen LogP contribution in [0.15, 0.2) is 30.9 Å². The monoisotopic (exact) mass is 234 g/mol. The van der Waals surface area contributed by atoms with Crippen molar-refractivity contribution >= 4 is 23.7 Å². The van der Waals surface area contributed by atoms with E-state index in [1.807, 2.05) is 24.3 Å². The summed E-state index contributed by atoms with van der Waals surface area (Å²) < 4.78 is 7.28. The van der Waals surface area contributed by atoms with Crippen LogP contribution in [0.3, 0.4) is 0 Å². The first-order chi connectivity index (χ1) is 7.80. The number of hydrogen-bond acceptors (Lipinski definition) is 3. The zero-order valence-electron chi connectivity index (χ0n) is 9.18. The Hall–Kier alpha value is -1.42. The lowest BCUT2D eigenvalue weighted by Gasteiger charge is -2.04. The van der Waals surface area contributed by atoms with E-state index in [9.17, 15) is 0 Å². The second-order valence-corrected chi connectivity index (χ2v) is 3.76. The average molecular weight is 234 g/mol. The molecule has 0 saturated heterocycles. The van der Waals surface area contributed by atoms with Crippen molar-refractivity contribution in [1.82, 2.24) is 9.55 Å². The van der Waals surface area contributed by atoms with Crippen LogP contribution in [0.4, 0.5) is 0 Å². The van der Waals surface area contributed by atoms with Gasteiger partial charge in [-0.1, -0.05) is 6.08 Å². The first-order valence-electron chi connectivity index (χ1n) is 5.05. The van der Waals surface area contributed by atoms with E-state index < -0.39 is 0 Å². The quantitative estimate of drug-likeness (QED) is 0.650. The van der Waals surface area contributed by atoms with Crippen molar-refractivity contribution in [3.8, 4) is 5.75 Å². The molecule has 0 aliphatic heterocycles. The van der Waals surface area contributed by atoms with Crippen LogP contribution in [0.2, 0.25) is 0 Å². The number of benzene rings is 1. The molecule has 0 unspecified atom stereocenters. The van der Waals surface area contributed by atoms with Gasteiger partial charge in [-0.3, -0.25) is 0 Å². The Morgan fingerprint density at radius 2 is 2.38 bits per heavy atom. The van der Waals surface area contributed by atoms with Gasteiger partial charge in [0, 0.05) is 18.4 Å². The van der Waals surface area contributed by atoms with E-state index in [4.69, 9.17) is 4.74 Å². The van der Waals surface area contributed by atoms with Gasteiger partial charge < -0.3 is 9.30 Å². The molecule has 0 amide bonds. The topological polar surface area (TPSA) is 27.1 Å². The van der Waals surface area contributed by atoms with Gasteiger partial charge >= 0.3 is 0 Å². The maximum atomic E-state index is 5.18. The molecule has 0 fully saturated rings. The Morgan fingerprint density at radius 1 is 1.56 bits per heavy atom. The Kier molecular flexibility index (Phi) is 3.19. The van der Waals surface area contributed by atoms with Crippen LogP contribution in [-0.4, -0.2) is 16.7 Å². The van der Waals surface area contributed by atoms with Gasteiger partial charge in [-0.2, -0.15) is 12.6 Å². The Bertz CT molecular complexity index is 519. The first-order valence-corrected chi connectivity index (χ1v) is 5.68. The van der Waals surface area contributed by atoms with Crippen LogP contribution in [-0.2, 0) is 12.3 Å². The van der Waals surface area contributed by atoms with E-state index >= 15 is 0 Å². The average Bonchev–Trinajstić information content (AvgIpc) is 2.67. The molecular weight excluding hydrogens is 220 g/mol. The molecule has 2 aromatic rings. The van der Waals surface area contributed by atoms with Crippen molar-refractivity contribution in [3.05, 3.63) is 36.7 Å². The summed E-state index contributed by atoms with van der Waals surface area (Å²) in [5.74, 6) is 2.39. The second-order valence-electron chi connectivity index (χ2n) is 3.44. The normalized spacial score (nSPS) is 10.6. The molecule has 0 bridgehead atoms. The van der Waals surface area contributed by atoms with Gasteiger partial charge in [0.1, 0.15) is 11.6 Å². The summed E-state index contributed by atoms with van der Waals surface area (Å²) in [7, 11) is 1.65. The summed E-state index contributed by atoms with van der Waals surface area (Å²) in [6.07, 6.45) is 1.86. The van der Waals surface area contributed by atoms with Gasteiger partial charge in [0.25, 0.3) is 0 Å². The summed E-state index contributed by atoms with van der Waals surface area (Å²) >= 11 is 4.28. The lowest BCUT2D eigenvalue weighted by atomic mass is 10.3. The maximum absolute atomic E-state index is 5.18. The third-order valence-corrected chi connectivity index (χ3v) is 2.77. The molecule has 1 aromatic carbocycles. The van der Waals surface area contributed by atoms with Gasteiger partial charge in [-0.15, -0.1) is 6.58 Å². The van der Waals surface area contributed by atoms with Crippen LogP contribution in [0.1, 0.15) is 5.82 Å².